The van der Waals surface area contributed by atoms with Crippen molar-refractivity contribution in [3.05, 3.63) is 42.4 Å². The zero-order chi connectivity index (χ0) is 19.8. The molecule has 0 saturated heterocycles. The van der Waals surface area contributed by atoms with Gasteiger partial charge in [-0.3, -0.25) is 4.79 Å². The van der Waals surface area contributed by atoms with Crippen molar-refractivity contribution in [1.29, 1.82) is 0 Å². The van der Waals surface area contributed by atoms with Gasteiger partial charge in [0.05, 0.1) is 12.4 Å². The van der Waals surface area contributed by atoms with Crippen LogP contribution in [-0.2, 0) is 0 Å². The topological polar surface area (TPSA) is 70.2 Å². The van der Waals surface area contributed by atoms with Crippen molar-refractivity contribution < 1.29 is 4.79 Å². The van der Waals surface area contributed by atoms with Gasteiger partial charge in [-0.25, -0.2) is 9.97 Å². The number of nitrogens with one attached hydrogen (secondary N) is 2. The van der Waals surface area contributed by atoms with E-state index in [1.807, 2.05) is 12.1 Å². The summed E-state index contributed by atoms with van der Waals surface area (Å²) in [7, 11) is 0. The summed E-state index contributed by atoms with van der Waals surface area (Å²) in [6, 6.07) is 8.51. The minimum Gasteiger partial charge on any atom is -0.372 e. The van der Waals surface area contributed by atoms with E-state index in [2.05, 4.69) is 51.5 Å². The van der Waals surface area contributed by atoms with Gasteiger partial charge in [-0.1, -0.05) is 25.7 Å². The molecule has 150 valence electrons. The predicted octanol–water partition coefficient (Wildman–Crippen LogP) is 4.52. The number of rotatable bonds is 7. The van der Waals surface area contributed by atoms with E-state index in [1.165, 1.54) is 31.4 Å². The van der Waals surface area contributed by atoms with Gasteiger partial charge in [0, 0.05) is 30.5 Å². The molecule has 3 rings (SSSR count). The van der Waals surface area contributed by atoms with Crippen LogP contribution in [0.2, 0.25) is 0 Å². The molecule has 0 aliphatic heterocycles. The second kappa shape index (κ2) is 10.1. The van der Waals surface area contributed by atoms with Crippen LogP contribution in [0.15, 0.2) is 36.7 Å². The van der Waals surface area contributed by atoms with Crippen LogP contribution < -0.4 is 15.5 Å². The number of carbonyl (C=O) groups is 1. The Morgan fingerprint density at radius 3 is 2.25 bits per heavy atom. The number of benzene rings is 1. The Morgan fingerprint density at radius 2 is 1.68 bits per heavy atom. The van der Waals surface area contributed by atoms with Gasteiger partial charge >= 0.3 is 0 Å². The van der Waals surface area contributed by atoms with E-state index < -0.39 is 0 Å². The molecule has 0 atom stereocenters. The summed E-state index contributed by atoms with van der Waals surface area (Å²) in [6.45, 7) is 6.27. The number of hydrogen-bond acceptors (Lipinski definition) is 5. The lowest BCUT2D eigenvalue weighted by Crippen LogP contribution is -2.34. The maximum atomic E-state index is 12.4. The summed E-state index contributed by atoms with van der Waals surface area (Å²) >= 11 is 0. The van der Waals surface area contributed by atoms with E-state index in [9.17, 15) is 4.79 Å². The minimum atomic E-state index is -0.130. The van der Waals surface area contributed by atoms with Crippen molar-refractivity contribution in [3.8, 4) is 0 Å². The van der Waals surface area contributed by atoms with Crippen LogP contribution in [0.4, 0.5) is 17.2 Å². The normalized spacial score (nSPS) is 14.9. The molecule has 6 nitrogen and oxygen atoms in total. The van der Waals surface area contributed by atoms with Crippen LogP contribution in [0.3, 0.4) is 0 Å². The molecule has 0 radical (unpaired) electrons. The van der Waals surface area contributed by atoms with Crippen molar-refractivity contribution in [2.45, 2.75) is 58.4 Å². The van der Waals surface area contributed by atoms with E-state index >= 15 is 0 Å². The average molecular weight is 382 g/mol. The molecule has 0 unspecified atom stereocenters. The second-order valence-electron chi connectivity index (χ2n) is 7.29. The fraction of sp³-hybridized carbons (Fsp3) is 0.500. The molecule has 1 saturated carbocycles. The van der Waals surface area contributed by atoms with Crippen LogP contribution in [0.25, 0.3) is 0 Å². The molecular formula is C22H31N5O. The third kappa shape index (κ3) is 5.44. The SMILES string of the molecule is CCN(CC)c1ccc(Nc2cnc(C(=O)NC3CCCCCC3)cn2)cc1. The lowest BCUT2D eigenvalue weighted by atomic mass is 10.1. The van der Waals surface area contributed by atoms with E-state index in [0.29, 0.717) is 11.5 Å². The maximum absolute atomic E-state index is 12.4. The monoisotopic (exact) mass is 381 g/mol. The summed E-state index contributed by atoms with van der Waals surface area (Å²) in [5.41, 5.74) is 2.51. The molecule has 1 aliphatic carbocycles. The molecule has 6 heteroatoms. The fourth-order valence-electron chi connectivity index (χ4n) is 3.69. The Balaban J connectivity index is 1.57. The first-order valence-electron chi connectivity index (χ1n) is 10.4. The minimum absolute atomic E-state index is 0.130. The van der Waals surface area contributed by atoms with Crippen LogP contribution in [0.1, 0.15) is 62.9 Å². The molecule has 1 heterocycles. The second-order valence-corrected chi connectivity index (χ2v) is 7.29. The van der Waals surface area contributed by atoms with Crippen molar-refractivity contribution in [2.75, 3.05) is 23.3 Å². The number of amides is 1. The molecule has 1 amide bonds. The largest absolute Gasteiger partial charge is 0.372 e. The van der Waals surface area contributed by atoms with Crippen molar-refractivity contribution in [3.63, 3.8) is 0 Å². The quantitative estimate of drug-likeness (QED) is 0.690. The molecule has 0 bridgehead atoms. The van der Waals surface area contributed by atoms with E-state index in [-0.39, 0.29) is 11.9 Å². The van der Waals surface area contributed by atoms with Crippen molar-refractivity contribution in [1.82, 2.24) is 15.3 Å². The zero-order valence-corrected chi connectivity index (χ0v) is 16.9. The van der Waals surface area contributed by atoms with E-state index in [0.717, 1.165) is 31.6 Å². The number of nitrogens with zero attached hydrogens (tertiary/aromatic N) is 3. The first-order valence-corrected chi connectivity index (χ1v) is 10.4. The molecule has 2 aromatic rings. The molecule has 1 fully saturated rings. The third-order valence-corrected chi connectivity index (χ3v) is 5.34. The maximum Gasteiger partial charge on any atom is 0.271 e. The Kier molecular flexibility index (Phi) is 7.23. The summed E-state index contributed by atoms with van der Waals surface area (Å²) in [5.74, 6) is 0.496. The molecule has 1 aromatic heterocycles. The van der Waals surface area contributed by atoms with Gasteiger partial charge in [0.1, 0.15) is 11.5 Å². The Labute approximate surface area is 167 Å². The van der Waals surface area contributed by atoms with Gasteiger partial charge in [-0.05, 0) is 51.0 Å². The van der Waals surface area contributed by atoms with Crippen LogP contribution in [-0.4, -0.2) is 35.0 Å². The zero-order valence-electron chi connectivity index (χ0n) is 16.9. The highest BCUT2D eigenvalue weighted by atomic mass is 16.1. The van der Waals surface area contributed by atoms with E-state index in [1.54, 1.807) is 12.4 Å². The highest BCUT2D eigenvalue weighted by molar-refractivity contribution is 5.92. The molecular weight excluding hydrogens is 350 g/mol. The molecule has 1 aliphatic rings. The lowest BCUT2D eigenvalue weighted by Gasteiger charge is -2.21. The third-order valence-electron chi connectivity index (χ3n) is 5.34. The smallest absolute Gasteiger partial charge is 0.271 e. The van der Waals surface area contributed by atoms with Crippen LogP contribution in [0.5, 0.6) is 0 Å². The number of hydrogen-bond donors (Lipinski definition) is 2. The first kappa shape index (κ1) is 20.1. The van der Waals surface area contributed by atoms with Crippen molar-refractivity contribution >= 4 is 23.1 Å². The molecule has 2 N–H and O–H groups in total. The number of anilines is 3. The fourth-order valence-corrected chi connectivity index (χ4v) is 3.69. The lowest BCUT2D eigenvalue weighted by molar-refractivity contribution is 0.0928. The van der Waals surface area contributed by atoms with Gasteiger partial charge in [0.15, 0.2) is 0 Å². The van der Waals surface area contributed by atoms with Gasteiger partial charge < -0.3 is 15.5 Å². The molecule has 0 spiro atoms. The summed E-state index contributed by atoms with van der Waals surface area (Å²) in [5, 5.41) is 6.34. The number of carbonyl (C=O) groups excluding carboxylic acids is 1. The van der Waals surface area contributed by atoms with Gasteiger partial charge in [-0.15, -0.1) is 0 Å². The Bertz CT molecular complexity index is 733. The average Bonchev–Trinajstić information content (AvgIpc) is 2.99. The summed E-state index contributed by atoms with van der Waals surface area (Å²) < 4.78 is 0. The molecule has 28 heavy (non-hydrogen) atoms. The Morgan fingerprint density at radius 1 is 1.00 bits per heavy atom. The van der Waals surface area contributed by atoms with Gasteiger partial charge in [0.25, 0.3) is 5.91 Å². The summed E-state index contributed by atoms with van der Waals surface area (Å²) in [4.78, 5) is 23.4. The standard InChI is InChI=1S/C22H31N5O/c1-3-27(4-2)19-13-11-18(12-14-19)25-21-16-23-20(15-24-21)22(28)26-17-9-7-5-6-8-10-17/h11-17H,3-10H2,1-2H3,(H,24,25)(H,26,28). The van der Waals surface area contributed by atoms with E-state index in [4.69, 9.17) is 0 Å². The molecule has 1 aromatic carbocycles. The predicted molar refractivity (Wildman–Crippen MR) is 114 cm³/mol. The van der Waals surface area contributed by atoms with Crippen LogP contribution >= 0.6 is 0 Å². The van der Waals surface area contributed by atoms with Crippen molar-refractivity contribution in [2.24, 2.45) is 0 Å². The Hall–Kier alpha value is -2.63. The summed E-state index contributed by atoms with van der Waals surface area (Å²) in [6.07, 6.45) is 10.2. The van der Waals surface area contributed by atoms with Gasteiger partial charge in [-0.2, -0.15) is 0 Å². The first-order chi connectivity index (χ1) is 13.7. The highest BCUT2D eigenvalue weighted by Gasteiger charge is 2.16. The number of aromatic nitrogens is 2. The highest BCUT2D eigenvalue weighted by Crippen LogP contribution is 2.20. The van der Waals surface area contributed by atoms with Crippen LogP contribution in [0, 0.1) is 0 Å². The van der Waals surface area contributed by atoms with Gasteiger partial charge in [0.2, 0.25) is 0 Å².